The molecule has 2 aliphatic heterocycles. The van der Waals surface area contributed by atoms with Gasteiger partial charge in [-0.3, -0.25) is 4.79 Å². The molecule has 0 aromatic carbocycles. The first kappa shape index (κ1) is 17.8. The lowest BCUT2D eigenvalue weighted by Crippen LogP contribution is -2.44. The van der Waals surface area contributed by atoms with Crippen molar-refractivity contribution < 1.29 is 4.79 Å². The smallest absolute Gasteiger partial charge is 0.223 e. The maximum absolute atomic E-state index is 12.9. The topological polar surface area (TPSA) is 32.3 Å². The Kier molecular flexibility index (Phi) is 6.73. The highest BCUT2D eigenvalue weighted by Crippen LogP contribution is 2.29. The highest BCUT2D eigenvalue weighted by Gasteiger charge is 2.31. The SMILES string of the molecule is CC(C)[C@H]1CC[C@@H](C)CCN1C(=O)C[C@@H](C)C1CCNCC1. The van der Waals surface area contributed by atoms with Crippen molar-refractivity contribution in [2.45, 2.75) is 72.3 Å². The molecule has 0 bridgehead atoms. The molecule has 0 spiro atoms. The lowest BCUT2D eigenvalue weighted by molar-refractivity contribution is -0.135. The minimum absolute atomic E-state index is 0.416. The van der Waals surface area contributed by atoms with Gasteiger partial charge in [-0.05, 0) is 68.9 Å². The van der Waals surface area contributed by atoms with Crippen molar-refractivity contribution in [3.63, 3.8) is 0 Å². The predicted octanol–water partition coefficient (Wildman–Crippen LogP) is 3.69. The predicted molar refractivity (Wildman–Crippen MR) is 92.7 cm³/mol. The molecule has 2 saturated heterocycles. The van der Waals surface area contributed by atoms with Crippen molar-refractivity contribution in [3.8, 4) is 0 Å². The number of likely N-dealkylation sites (tertiary alicyclic amines) is 1. The first-order valence-corrected chi connectivity index (χ1v) is 9.49. The zero-order chi connectivity index (χ0) is 16.1. The average molecular weight is 309 g/mol. The number of carbonyl (C=O) groups is 1. The molecule has 2 fully saturated rings. The summed E-state index contributed by atoms with van der Waals surface area (Å²) in [6, 6.07) is 0.456. The molecule has 1 N–H and O–H groups in total. The monoisotopic (exact) mass is 308 g/mol. The van der Waals surface area contributed by atoms with Crippen LogP contribution in [0.2, 0.25) is 0 Å². The van der Waals surface area contributed by atoms with Gasteiger partial charge in [0.2, 0.25) is 5.91 Å². The number of hydrogen-bond donors (Lipinski definition) is 1. The zero-order valence-electron chi connectivity index (χ0n) is 15.1. The molecule has 0 radical (unpaired) electrons. The van der Waals surface area contributed by atoms with Crippen LogP contribution in [-0.4, -0.2) is 36.5 Å². The molecular formula is C19H36N2O. The van der Waals surface area contributed by atoms with Crippen molar-refractivity contribution in [2.75, 3.05) is 19.6 Å². The third-order valence-electron chi connectivity index (χ3n) is 5.99. The lowest BCUT2D eigenvalue weighted by Gasteiger charge is -2.35. The van der Waals surface area contributed by atoms with E-state index < -0.39 is 0 Å². The van der Waals surface area contributed by atoms with Crippen molar-refractivity contribution >= 4 is 5.91 Å². The molecular weight excluding hydrogens is 272 g/mol. The highest BCUT2D eigenvalue weighted by atomic mass is 16.2. The van der Waals surface area contributed by atoms with Crippen molar-refractivity contribution in [1.29, 1.82) is 0 Å². The third-order valence-corrected chi connectivity index (χ3v) is 5.99. The number of nitrogens with zero attached hydrogens (tertiary/aromatic N) is 1. The van der Waals surface area contributed by atoms with Crippen LogP contribution in [0.15, 0.2) is 0 Å². The second-order valence-electron chi connectivity index (χ2n) is 8.14. The summed E-state index contributed by atoms with van der Waals surface area (Å²) in [4.78, 5) is 15.2. The van der Waals surface area contributed by atoms with E-state index in [9.17, 15) is 4.79 Å². The van der Waals surface area contributed by atoms with Gasteiger partial charge in [0.1, 0.15) is 0 Å². The molecule has 2 aliphatic rings. The zero-order valence-corrected chi connectivity index (χ0v) is 15.1. The number of hydrogen-bond acceptors (Lipinski definition) is 2. The number of nitrogens with one attached hydrogen (secondary N) is 1. The summed E-state index contributed by atoms with van der Waals surface area (Å²) in [6.07, 6.45) is 6.86. The first-order valence-electron chi connectivity index (χ1n) is 9.49. The minimum Gasteiger partial charge on any atom is -0.339 e. The van der Waals surface area contributed by atoms with Gasteiger partial charge in [0.05, 0.1) is 0 Å². The van der Waals surface area contributed by atoms with Crippen LogP contribution in [0.1, 0.15) is 66.2 Å². The number of rotatable bonds is 4. The van der Waals surface area contributed by atoms with Crippen LogP contribution < -0.4 is 5.32 Å². The van der Waals surface area contributed by atoms with E-state index in [-0.39, 0.29) is 0 Å². The van der Waals surface area contributed by atoms with Crippen molar-refractivity contribution in [1.82, 2.24) is 10.2 Å². The van der Waals surface area contributed by atoms with Gasteiger partial charge >= 0.3 is 0 Å². The van der Waals surface area contributed by atoms with E-state index in [1.54, 1.807) is 0 Å². The van der Waals surface area contributed by atoms with Gasteiger partial charge in [0.15, 0.2) is 0 Å². The van der Waals surface area contributed by atoms with E-state index >= 15 is 0 Å². The second-order valence-corrected chi connectivity index (χ2v) is 8.14. The Hall–Kier alpha value is -0.570. The fraction of sp³-hybridized carbons (Fsp3) is 0.947. The fourth-order valence-corrected chi connectivity index (χ4v) is 4.26. The quantitative estimate of drug-likeness (QED) is 0.859. The van der Waals surface area contributed by atoms with Crippen LogP contribution in [-0.2, 0) is 4.79 Å². The number of carbonyl (C=O) groups excluding carboxylic acids is 1. The molecule has 0 saturated carbocycles. The summed E-state index contributed by atoms with van der Waals surface area (Å²) in [6.45, 7) is 12.4. The Balaban J connectivity index is 1.95. The molecule has 1 amide bonds. The number of amides is 1. The molecule has 0 unspecified atom stereocenters. The molecule has 2 rings (SSSR count). The van der Waals surface area contributed by atoms with Crippen LogP contribution in [0.25, 0.3) is 0 Å². The normalized spacial score (nSPS) is 29.4. The van der Waals surface area contributed by atoms with Gasteiger partial charge in [-0.2, -0.15) is 0 Å². The number of piperidine rings is 1. The third kappa shape index (κ3) is 4.71. The molecule has 3 heteroatoms. The van der Waals surface area contributed by atoms with Gasteiger partial charge < -0.3 is 10.2 Å². The van der Waals surface area contributed by atoms with E-state index in [0.29, 0.717) is 23.8 Å². The molecule has 0 aromatic heterocycles. The van der Waals surface area contributed by atoms with Gasteiger partial charge in [-0.25, -0.2) is 0 Å². The maximum Gasteiger partial charge on any atom is 0.223 e. The van der Waals surface area contributed by atoms with Crippen molar-refractivity contribution in [2.24, 2.45) is 23.7 Å². The maximum atomic E-state index is 12.9. The van der Waals surface area contributed by atoms with Crippen molar-refractivity contribution in [3.05, 3.63) is 0 Å². The molecule has 0 aromatic rings. The van der Waals surface area contributed by atoms with E-state index in [0.717, 1.165) is 37.9 Å². The van der Waals surface area contributed by atoms with Gasteiger partial charge in [0.25, 0.3) is 0 Å². The molecule has 128 valence electrons. The van der Waals surface area contributed by atoms with Gasteiger partial charge in [0, 0.05) is 19.0 Å². The Morgan fingerprint density at radius 1 is 1.09 bits per heavy atom. The van der Waals surface area contributed by atoms with E-state index in [1.165, 1.54) is 32.1 Å². The van der Waals surface area contributed by atoms with Gasteiger partial charge in [-0.1, -0.05) is 27.7 Å². The second kappa shape index (κ2) is 8.33. The Morgan fingerprint density at radius 2 is 1.77 bits per heavy atom. The molecule has 0 aliphatic carbocycles. The molecule has 22 heavy (non-hydrogen) atoms. The molecule has 2 heterocycles. The lowest BCUT2D eigenvalue weighted by atomic mass is 9.83. The molecule has 3 nitrogen and oxygen atoms in total. The Bertz CT molecular complexity index is 349. The summed E-state index contributed by atoms with van der Waals surface area (Å²) in [7, 11) is 0. The largest absolute Gasteiger partial charge is 0.339 e. The van der Waals surface area contributed by atoms with Crippen LogP contribution in [0.3, 0.4) is 0 Å². The van der Waals surface area contributed by atoms with E-state index in [2.05, 4.69) is 37.9 Å². The summed E-state index contributed by atoms with van der Waals surface area (Å²) < 4.78 is 0. The highest BCUT2D eigenvalue weighted by molar-refractivity contribution is 5.76. The van der Waals surface area contributed by atoms with Crippen LogP contribution in [0.4, 0.5) is 0 Å². The minimum atomic E-state index is 0.416. The standard InChI is InChI=1S/C19H36N2O/c1-14(2)18-6-5-15(3)9-12-21(18)19(22)13-16(4)17-7-10-20-11-8-17/h14-18,20H,5-13H2,1-4H3/t15-,16-,18-/m1/s1. The fourth-order valence-electron chi connectivity index (χ4n) is 4.26. The summed E-state index contributed by atoms with van der Waals surface area (Å²) in [5, 5.41) is 3.43. The summed E-state index contributed by atoms with van der Waals surface area (Å²) >= 11 is 0. The first-order chi connectivity index (χ1) is 10.5. The Labute approximate surface area is 137 Å². The van der Waals surface area contributed by atoms with Gasteiger partial charge in [-0.15, -0.1) is 0 Å². The van der Waals surface area contributed by atoms with Crippen LogP contribution in [0.5, 0.6) is 0 Å². The van der Waals surface area contributed by atoms with E-state index in [4.69, 9.17) is 0 Å². The molecule has 3 atom stereocenters. The van der Waals surface area contributed by atoms with Crippen LogP contribution >= 0.6 is 0 Å². The summed E-state index contributed by atoms with van der Waals surface area (Å²) in [5.74, 6) is 3.01. The average Bonchev–Trinajstić information content (AvgIpc) is 2.70. The van der Waals surface area contributed by atoms with Crippen LogP contribution in [0, 0.1) is 23.7 Å². The summed E-state index contributed by atoms with van der Waals surface area (Å²) in [5.41, 5.74) is 0. The van der Waals surface area contributed by atoms with E-state index in [1.807, 2.05) is 0 Å². The Morgan fingerprint density at radius 3 is 2.41 bits per heavy atom.